The summed E-state index contributed by atoms with van der Waals surface area (Å²) in [7, 11) is 1.65. The smallest absolute Gasteiger partial charge is 0.141 e. The molecule has 88 valence electrons. The number of hydrogen-bond acceptors (Lipinski definition) is 3. The van der Waals surface area contributed by atoms with Crippen molar-refractivity contribution in [3.8, 4) is 11.5 Å². The first kappa shape index (κ1) is 11.3. The van der Waals surface area contributed by atoms with Gasteiger partial charge in [0.1, 0.15) is 11.5 Å². The number of rotatable bonds is 4. The average molecular weight is 229 g/mol. The van der Waals surface area contributed by atoms with E-state index < -0.39 is 0 Å². The van der Waals surface area contributed by atoms with Crippen molar-refractivity contribution in [3.63, 3.8) is 0 Å². The molecule has 0 fully saturated rings. The Labute approximate surface area is 101 Å². The van der Waals surface area contributed by atoms with Crippen LogP contribution in [-0.4, -0.2) is 12.2 Å². The number of aromatic hydroxyl groups is 1. The van der Waals surface area contributed by atoms with Gasteiger partial charge < -0.3 is 15.2 Å². The van der Waals surface area contributed by atoms with Crippen LogP contribution in [0, 0.1) is 0 Å². The Bertz CT molecular complexity index is 480. The van der Waals surface area contributed by atoms with Crippen LogP contribution in [0.15, 0.2) is 48.5 Å². The number of hydrogen-bond donors (Lipinski definition) is 2. The molecule has 2 rings (SSSR count). The van der Waals surface area contributed by atoms with Crippen LogP contribution in [0.2, 0.25) is 0 Å². The second-order valence-electron chi connectivity index (χ2n) is 3.72. The molecule has 0 saturated heterocycles. The number of ether oxygens (including phenoxy) is 1. The Morgan fingerprint density at radius 3 is 2.47 bits per heavy atom. The highest BCUT2D eigenvalue weighted by atomic mass is 16.5. The highest BCUT2D eigenvalue weighted by Crippen LogP contribution is 2.23. The van der Waals surface area contributed by atoms with Gasteiger partial charge in [-0.3, -0.25) is 0 Å². The van der Waals surface area contributed by atoms with Crippen molar-refractivity contribution in [2.24, 2.45) is 0 Å². The Morgan fingerprint density at radius 2 is 1.76 bits per heavy atom. The van der Waals surface area contributed by atoms with Crippen molar-refractivity contribution in [2.75, 3.05) is 12.4 Å². The summed E-state index contributed by atoms with van der Waals surface area (Å²) in [5.74, 6) is 1.11. The first-order valence-electron chi connectivity index (χ1n) is 5.44. The number of para-hydroxylation sites is 2. The van der Waals surface area contributed by atoms with E-state index in [4.69, 9.17) is 4.74 Å². The molecule has 0 spiro atoms. The molecule has 3 heteroatoms. The lowest BCUT2D eigenvalue weighted by molar-refractivity contribution is 0.416. The minimum absolute atomic E-state index is 0.283. The first-order valence-corrected chi connectivity index (χ1v) is 5.44. The molecular formula is C14H15NO2. The van der Waals surface area contributed by atoms with Gasteiger partial charge >= 0.3 is 0 Å². The molecule has 3 nitrogen and oxygen atoms in total. The summed E-state index contributed by atoms with van der Waals surface area (Å²) in [4.78, 5) is 0. The van der Waals surface area contributed by atoms with Gasteiger partial charge in [0.2, 0.25) is 0 Å². The second-order valence-corrected chi connectivity index (χ2v) is 3.72. The molecule has 0 heterocycles. The summed E-state index contributed by atoms with van der Waals surface area (Å²) >= 11 is 0. The third kappa shape index (κ3) is 2.91. The van der Waals surface area contributed by atoms with E-state index in [1.54, 1.807) is 19.2 Å². The van der Waals surface area contributed by atoms with Gasteiger partial charge in [0, 0.05) is 6.54 Å². The Kier molecular flexibility index (Phi) is 3.50. The molecule has 0 unspecified atom stereocenters. The minimum atomic E-state index is 0.283. The molecule has 0 amide bonds. The van der Waals surface area contributed by atoms with Crippen molar-refractivity contribution in [1.29, 1.82) is 0 Å². The SMILES string of the molecule is COc1ccccc1NCc1ccc(O)cc1. The highest BCUT2D eigenvalue weighted by Gasteiger charge is 2.00. The predicted molar refractivity (Wildman–Crippen MR) is 68.4 cm³/mol. The van der Waals surface area contributed by atoms with Gasteiger partial charge in [-0.25, -0.2) is 0 Å². The molecule has 0 saturated carbocycles. The van der Waals surface area contributed by atoms with E-state index in [2.05, 4.69) is 5.32 Å². The van der Waals surface area contributed by atoms with E-state index >= 15 is 0 Å². The van der Waals surface area contributed by atoms with E-state index in [0.717, 1.165) is 17.0 Å². The molecule has 0 bridgehead atoms. The lowest BCUT2D eigenvalue weighted by atomic mass is 10.2. The van der Waals surface area contributed by atoms with Gasteiger partial charge in [0.05, 0.1) is 12.8 Å². The molecule has 0 aliphatic rings. The summed E-state index contributed by atoms with van der Waals surface area (Å²) < 4.78 is 5.25. The van der Waals surface area contributed by atoms with Crippen molar-refractivity contribution in [3.05, 3.63) is 54.1 Å². The van der Waals surface area contributed by atoms with Gasteiger partial charge in [-0.1, -0.05) is 24.3 Å². The van der Waals surface area contributed by atoms with Crippen LogP contribution in [0.3, 0.4) is 0 Å². The number of phenolic OH excluding ortho intramolecular Hbond substituents is 1. The number of methoxy groups -OCH3 is 1. The number of nitrogens with one attached hydrogen (secondary N) is 1. The van der Waals surface area contributed by atoms with E-state index in [9.17, 15) is 5.11 Å². The molecule has 0 aliphatic heterocycles. The number of benzene rings is 2. The zero-order valence-corrected chi connectivity index (χ0v) is 9.68. The third-order valence-corrected chi connectivity index (χ3v) is 2.53. The summed E-state index contributed by atoms with van der Waals surface area (Å²) in [6, 6.07) is 14.9. The zero-order chi connectivity index (χ0) is 12.1. The molecule has 2 aromatic carbocycles. The van der Waals surface area contributed by atoms with Crippen molar-refractivity contribution in [1.82, 2.24) is 0 Å². The molecular weight excluding hydrogens is 214 g/mol. The van der Waals surface area contributed by atoms with E-state index in [-0.39, 0.29) is 5.75 Å². The fraction of sp³-hybridized carbons (Fsp3) is 0.143. The van der Waals surface area contributed by atoms with Gasteiger partial charge in [-0.15, -0.1) is 0 Å². The molecule has 0 aliphatic carbocycles. The zero-order valence-electron chi connectivity index (χ0n) is 9.68. The molecule has 2 N–H and O–H groups in total. The summed E-state index contributed by atoms with van der Waals surface area (Å²) in [5.41, 5.74) is 2.07. The highest BCUT2D eigenvalue weighted by molar-refractivity contribution is 5.56. The minimum Gasteiger partial charge on any atom is -0.508 e. The maximum atomic E-state index is 9.18. The van der Waals surface area contributed by atoms with Crippen molar-refractivity contribution >= 4 is 5.69 Å². The predicted octanol–water partition coefficient (Wildman–Crippen LogP) is 3.01. The van der Waals surface area contributed by atoms with Gasteiger partial charge in [0.25, 0.3) is 0 Å². The summed E-state index contributed by atoms with van der Waals surface area (Å²) in [5, 5.41) is 12.5. The fourth-order valence-electron chi connectivity index (χ4n) is 1.60. The van der Waals surface area contributed by atoms with E-state index in [1.807, 2.05) is 36.4 Å². The number of phenols is 1. The van der Waals surface area contributed by atoms with Crippen LogP contribution >= 0.6 is 0 Å². The second kappa shape index (κ2) is 5.25. The maximum Gasteiger partial charge on any atom is 0.141 e. The Balaban J connectivity index is 2.04. The average Bonchev–Trinajstić information content (AvgIpc) is 2.38. The lowest BCUT2D eigenvalue weighted by Crippen LogP contribution is -2.00. The summed E-state index contributed by atoms with van der Waals surface area (Å²) in [6.45, 7) is 0.695. The third-order valence-electron chi connectivity index (χ3n) is 2.53. The van der Waals surface area contributed by atoms with Crippen LogP contribution in [0.4, 0.5) is 5.69 Å². The topological polar surface area (TPSA) is 41.5 Å². The molecule has 0 atom stereocenters. The standard InChI is InChI=1S/C14H15NO2/c1-17-14-5-3-2-4-13(14)15-10-11-6-8-12(16)9-7-11/h2-9,15-16H,10H2,1H3. The van der Waals surface area contributed by atoms with Crippen molar-refractivity contribution in [2.45, 2.75) is 6.54 Å². The fourth-order valence-corrected chi connectivity index (χ4v) is 1.60. The Hall–Kier alpha value is -2.16. The molecule has 17 heavy (non-hydrogen) atoms. The first-order chi connectivity index (χ1) is 8.29. The van der Waals surface area contributed by atoms with Crippen LogP contribution in [-0.2, 0) is 6.54 Å². The van der Waals surface area contributed by atoms with Crippen LogP contribution in [0.1, 0.15) is 5.56 Å². The largest absolute Gasteiger partial charge is 0.508 e. The lowest BCUT2D eigenvalue weighted by Gasteiger charge is -2.10. The number of anilines is 1. The van der Waals surface area contributed by atoms with E-state index in [0.29, 0.717) is 6.54 Å². The molecule has 0 radical (unpaired) electrons. The van der Waals surface area contributed by atoms with Crippen molar-refractivity contribution < 1.29 is 9.84 Å². The Morgan fingerprint density at radius 1 is 1.06 bits per heavy atom. The van der Waals surface area contributed by atoms with Gasteiger partial charge in [-0.2, -0.15) is 0 Å². The van der Waals surface area contributed by atoms with Crippen LogP contribution < -0.4 is 10.1 Å². The van der Waals surface area contributed by atoms with Crippen LogP contribution in [0.25, 0.3) is 0 Å². The van der Waals surface area contributed by atoms with Gasteiger partial charge in [-0.05, 0) is 29.8 Å². The quantitative estimate of drug-likeness (QED) is 0.846. The van der Waals surface area contributed by atoms with E-state index in [1.165, 1.54) is 0 Å². The maximum absolute atomic E-state index is 9.18. The molecule has 2 aromatic rings. The summed E-state index contributed by atoms with van der Waals surface area (Å²) in [6.07, 6.45) is 0. The molecule has 0 aromatic heterocycles. The van der Waals surface area contributed by atoms with Gasteiger partial charge in [0.15, 0.2) is 0 Å². The normalized spacial score (nSPS) is 9.94. The monoisotopic (exact) mass is 229 g/mol. The van der Waals surface area contributed by atoms with Crippen LogP contribution in [0.5, 0.6) is 11.5 Å².